The van der Waals surface area contributed by atoms with Gasteiger partial charge in [-0.2, -0.15) is 8.42 Å². The molecule has 1 aliphatic rings. The van der Waals surface area contributed by atoms with Gasteiger partial charge in [-0.05, 0) is 23.7 Å². The summed E-state index contributed by atoms with van der Waals surface area (Å²) in [5.41, 5.74) is 0.965. The van der Waals surface area contributed by atoms with Crippen LogP contribution in [0.3, 0.4) is 0 Å². The smallest absolute Gasteiger partial charge is 0.356 e. The van der Waals surface area contributed by atoms with E-state index in [0.717, 1.165) is 17.1 Å². The Labute approximate surface area is 141 Å². The molecule has 0 N–H and O–H groups in total. The number of fused-ring (bicyclic) bond motifs is 1. The summed E-state index contributed by atoms with van der Waals surface area (Å²) in [6.45, 7) is 0.195. The fraction of sp³-hybridized carbons (Fsp3) is 0.286. The van der Waals surface area contributed by atoms with Gasteiger partial charge in [0.1, 0.15) is 11.6 Å². The summed E-state index contributed by atoms with van der Waals surface area (Å²) in [6, 6.07) is 2.83. The van der Waals surface area contributed by atoms with Crippen LogP contribution < -0.4 is 4.74 Å². The molecule has 0 radical (unpaired) electrons. The van der Waals surface area contributed by atoms with Crippen molar-refractivity contribution in [2.24, 2.45) is 0 Å². The van der Waals surface area contributed by atoms with E-state index in [1.807, 2.05) is 0 Å². The van der Waals surface area contributed by atoms with Gasteiger partial charge in [0.25, 0.3) is 0 Å². The van der Waals surface area contributed by atoms with Gasteiger partial charge in [0.05, 0.1) is 25.0 Å². The van der Waals surface area contributed by atoms with Crippen LogP contribution in [0.2, 0.25) is 0 Å². The number of benzene rings is 1. The van der Waals surface area contributed by atoms with Crippen LogP contribution in [-0.4, -0.2) is 31.3 Å². The highest BCUT2D eigenvalue weighted by atomic mass is 32.2. The second-order valence-corrected chi connectivity index (χ2v) is 7.13. The second-order valence-electron chi connectivity index (χ2n) is 4.96. The fourth-order valence-corrected chi connectivity index (χ4v) is 3.26. The number of aromatic nitrogens is 1. The zero-order valence-electron chi connectivity index (χ0n) is 12.2. The predicted molar refractivity (Wildman–Crippen MR) is 81.7 cm³/mol. The molecule has 0 aliphatic carbocycles. The van der Waals surface area contributed by atoms with Gasteiger partial charge in [0, 0.05) is 22.9 Å². The largest absolute Gasteiger partial charge is 0.493 e. The quantitative estimate of drug-likeness (QED) is 0.714. The van der Waals surface area contributed by atoms with Crippen molar-refractivity contribution >= 4 is 27.6 Å². The number of hydrogen-bond acceptors (Lipinski definition) is 8. The summed E-state index contributed by atoms with van der Waals surface area (Å²) < 4.78 is 55.6. The fourth-order valence-electron chi connectivity index (χ4n) is 2.09. The number of nitrogens with zero attached hydrogens (tertiary/aromatic N) is 1. The number of carbonyl (C=O) groups is 1. The molecule has 0 atom stereocenters. The topological polar surface area (TPSA) is 91.8 Å². The van der Waals surface area contributed by atoms with E-state index in [1.54, 1.807) is 0 Å². The highest BCUT2D eigenvalue weighted by Gasteiger charge is 2.21. The lowest BCUT2D eigenvalue weighted by Gasteiger charge is -2.08. The molecule has 0 saturated carbocycles. The lowest BCUT2D eigenvalue weighted by atomic mass is 10.1. The molecule has 24 heavy (non-hydrogen) atoms. The van der Waals surface area contributed by atoms with Crippen molar-refractivity contribution in [2.45, 2.75) is 13.0 Å². The average Bonchev–Trinajstić information content (AvgIpc) is 3.17. The van der Waals surface area contributed by atoms with E-state index >= 15 is 0 Å². The predicted octanol–water partition coefficient (Wildman–Crippen LogP) is 1.88. The van der Waals surface area contributed by atoms with Crippen molar-refractivity contribution in [2.75, 3.05) is 12.5 Å². The third-order valence-corrected chi connectivity index (χ3v) is 4.66. The molecule has 3 rings (SSSR count). The lowest BCUT2D eigenvalue weighted by molar-refractivity contribution is 0.0728. The third kappa shape index (κ3) is 3.89. The van der Waals surface area contributed by atoms with E-state index in [4.69, 9.17) is 9.47 Å². The molecule has 1 aromatic carbocycles. The summed E-state index contributed by atoms with van der Waals surface area (Å²) in [7, 11) is -4.25. The minimum atomic E-state index is -4.25. The van der Waals surface area contributed by atoms with Gasteiger partial charge in [-0.1, -0.05) is 0 Å². The van der Waals surface area contributed by atoms with Crippen molar-refractivity contribution < 1.29 is 31.3 Å². The normalized spacial score (nSPS) is 13.4. The zero-order valence-corrected chi connectivity index (χ0v) is 13.9. The Hall–Kier alpha value is -2.04. The molecule has 7 nitrogen and oxygen atoms in total. The molecule has 1 aliphatic heterocycles. The number of carbonyl (C=O) groups excluding carboxylic acids is 1. The molecule has 10 heteroatoms. The molecule has 0 spiro atoms. The van der Waals surface area contributed by atoms with Crippen molar-refractivity contribution in [1.29, 1.82) is 0 Å². The number of hydrogen-bond donors (Lipinski definition) is 0. The summed E-state index contributed by atoms with van der Waals surface area (Å²) in [6.07, 6.45) is 1.83. The zero-order chi connectivity index (χ0) is 17.2. The van der Waals surface area contributed by atoms with Crippen LogP contribution in [0.4, 0.5) is 4.39 Å². The number of rotatable bonds is 6. The van der Waals surface area contributed by atoms with Gasteiger partial charge in [-0.3, -0.25) is 0 Å². The van der Waals surface area contributed by atoms with E-state index in [9.17, 15) is 17.6 Å². The summed E-state index contributed by atoms with van der Waals surface area (Å²) in [5.74, 6) is -1.86. The molecule has 1 aromatic heterocycles. The van der Waals surface area contributed by atoms with E-state index in [0.29, 0.717) is 18.8 Å². The van der Waals surface area contributed by atoms with E-state index in [1.165, 1.54) is 23.7 Å². The summed E-state index contributed by atoms with van der Waals surface area (Å²) >= 11 is 0.990. The Morgan fingerprint density at radius 2 is 2.25 bits per heavy atom. The number of ether oxygens (including phenoxy) is 2. The molecule has 0 amide bonds. The minimum Gasteiger partial charge on any atom is -0.493 e. The van der Waals surface area contributed by atoms with Gasteiger partial charge in [-0.25, -0.2) is 13.6 Å². The monoisotopic (exact) mass is 373 g/mol. The van der Waals surface area contributed by atoms with E-state index in [-0.39, 0.29) is 17.7 Å². The molecule has 0 unspecified atom stereocenters. The SMILES string of the molecule is O=C(OS(=O)(=O)COCc1cc2c(cc1F)CCO2)c1cnsc1. The van der Waals surface area contributed by atoms with Crippen molar-refractivity contribution in [3.63, 3.8) is 0 Å². The van der Waals surface area contributed by atoms with Crippen LogP contribution in [0.25, 0.3) is 0 Å². The molecule has 128 valence electrons. The maximum absolute atomic E-state index is 13.9. The lowest BCUT2D eigenvalue weighted by Crippen LogP contribution is -2.18. The average molecular weight is 373 g/mol. The second kappa shape index (κ2) is 6.83. The summed E-state index contributed by atoms with van der Waals surface area (Å²) in [5, 5.41) is 1.36. The van der Waals surface area contributed by atoms with Crippen LogP contribution in [0.1, 0.15) is 21.5 Å². The first-order valence-corrected chi connectivity index (χ1v) is 9.24. The Bertz CT molecular complexity index is 850. The maximum Gasteiger partial charge on any atom is 0.356 e. The first kappa shape index (κ1) is 16.8. The van der Waals surface area contributed by atoms with Crippen LogP contribution >= 0.6 is 11.5 Å². The van der Waals surface area contributed by atoms with Gasteiger partial charge < -0.3 is 13.7 Å². The Morgan fingerprint density at radius 3 is 3.00 bits per heavy atom. The Kier molecular flexibility index (Phi) is 4.78. The molecule has 2 heterocycles. The number of halogens is 1. The van der Waals surface area contributed by atoms with Gasteiger partial charge in [-0.15, -0.1) is 0 Å². The molecule has 0 fully saturated rings. The highest BCUT2D eigenvalue weighted by Crippen LogP contribution is 2.28. The minimum absolute atomic E-state index is 0.0328. The van der Waals surface area contributed by atoms with Gasteiger partial charge >= 0.3 is 16.1 Å². The van der Waals surface area contributed by atoms with Crippen molar-refractivity contribution in [3.8, 4) is 5.75 Å². The first-order chi connectivity index (χ1) is 11.4. The standard InChI is InChI=1S/C14H12FNO6S2/c15-12-3-9-1-2-21-13(9)4-10(12)6-20-8-24(18,19)22-14(17)11-5-16-23-7-11/h3-5,7H,1-2,6,8H2. The van der Waals surface area contributed by atoms with Crippen LogP contribution in [0, 0.1) is 5.82 Å². The van der Waals surface area contributed by atoms with Gasteiger partial charge in [0.2, 0.25) is 0 Å². The van der Waals surface area contributed by atoms with Gasteiger partial charge in [0.15, 0.2) is 5.94 Å². The molecular formula is C14H12FNO6S2. The first-order valence-electron chi connectivity index (χ1n) is 6.82. The van der Waals surface area contributed by atoms with Crippen molar-refractivity contribution in [1.82, 2.24) is 4.37 Å². The maximum atomic E-state index is 13.9. The highest BCUT2D eigenvalue weighted by molar-refractivity contribution is 7.86. The van der Waals surface area contributed by atoms with Crippen LogP contribution in [0.5, 0.6) is 5.75 Å². The summed E-state index contributed by atoms with van der Waals surface area (Å²) in [4.78, 5) is 11.6. The van der Waals surface area contributed by atoms with E-state index < -0.39 is 27.8 Å². The molecule has 0 saturated heterocycles. The third-order valence-electron chi connectivity index (χ3n) is 3.21. The van der Waals surface area contributed by atoms with Crippen molar-refractivity contribution in [3.05, 3.63) is 46.2 Å². The Balaban J connectivity index is 1.57. The molecule has 0 bridgehead atoms. The van der Waals surface area contributed by atoms with E-state index in [2.05, 4.69) is 8.56 Å². The Morgan fingerprint density at radius 1 is 1.42 bits per heavy atom. The van der Waals surface area contributed by atoms with Crippen LogP contribution in [-0.2, 0) is 32.1 Å². The van der Waals surface area contributed by atoms with Crippen LogP contribution in [0.15, 0.2) is 23.7 Å². The molecule has 2 aromatic rings. The molecular weight excluding hydrogens is 361 g/mol.